The summed E-state index contributed by atoms with van der Waals surface area (Å²) in [4.78, 5) is 21.6. The molecule has 0 saturated heterocycles. The topological polar surface area (TPSA) is 136 Å². The number of fused-ring (bicyclic) bond motifs is 15. The van der Waals surface area contributed by atoms with Crippen molar-refractivity contribution in [2.45, 2.75) is 19.6 Å². The molecule has 186 valence electrons. The molecule has 11 heteroatoms. The first-order chi connectivity index (χ1) is 18.9. The van der Waals surface area contributed by atoms with Gasteiger partial charge in [-0.2, -0.15) is 0 Å². The van der Waals surface area contributed by atoms with Crippen LogP contribution < -0.4 is 0 Å². The van der Waals surface area contributed by atoms with Crippen LogP contribution in [-0.4, -0.2) is 41.8 Å². The zero-order valence-corrected chi connectivity index (χ0v) is 21.3. The van der Waals surface area contributed by atoms with E-state index in [9.17, 15) is 16.8 Å². The van der Waals surface area contributed by atoms with E-state index in [-0.39, 0.29) is 19.6 Å². The first-order valence-electron chi connectivity index (χ1n) is 12.0. The highest BCUT2D eigenvalue weighted by molar-refractivity contribution is 7.92. The molecule has 2 aliphatic rings. The molecule has 0 unspecified atom stereocenters. The Morgan fingerprint density at radius 1 is 0.487 bits per heavy atom. The molecule has 0 bridgehead atoms. The van der Waals surface area contributed by atoms with Gasteiger partial charge in [-0.05, 0) is 12.1 Å². The average molecular weight is 548 g/mol. The summed E-state index contributed by atoms with van der Waals surface area (Å²) >= 11 is 0. The summed E-state index contributed by atoms with van der Waals surface area (Å²) in [6.07, 6.45) is 5.49. The normalized spacial score (nSPS) is 16.0. The second-order valence-electron chi connectivity index (χ2n) is 9.60. The number of benzene rings is 2. The quantitative estimate of drug-likeness (QED) is 0.285. The fourth-order valence-corrected chi connectivity index (χ4v) is 9.17. The summed E-state index contributed by atoms with van der Waals surface area (Å²) in [5.74, 6) is 0. The lowest BCUT2D eigenvalue weighted by Gasteiger charge is -2.05. The van der Waals surface area contributed by atoms with E-state index in [1.54, 1.807) is 0 Å². The second kappa shape index (κ2) is 6.63. The van der Waals surface area contributed by atoms with Crippen LogP contribution in [0.5, 0.6) is 0 Å². The number of rotatable bonds is 0. The Morgan fingerprint density at radius 3 is 1.33 bits per heavy atom. The number of sulfone groups is 2. The van der Waals surface area contributed by atoms with Crippen LogP contribution in [0.3, 0.4) is 0 Å². The highest BCUT2D eigenvalue weighted by Gasteiger charge is 2.40. The van der Waals surface area contributed by atoms with E-state index in [4.69, 9.17) is 0 Å². The molecule has 0 atom stereocenters. The van der Waals surface area contributed by atoms with Gasteiger partial charge in [0.25, 0.3) is 0 Å². The third kappa shape index (κ3) is 2.36. The molecular formula is C28H13N5O4S2. The largest absolute Gasteiger partial charge is 0.351 e. The van der Waals surface area contributed by atoms with Crippen molar-refractivity contribution in [3.8, 4) is 22.3 Å². The molecule has 5 aromatic heterocycles. The SMILES string of the molecule is O=S1(=O)c2cnc3ccccc3c2-c2c1cnc1c2[nH]c2c3c(cnc21)S(=O)(=O)c1cnc2ccccc2c1-3. The second-order valence-corrected chi connectivity index (χ2v) is 13.4. The third-order valence-electron chi connectivity index (χ3n) is 7.70. The predicted molar refractivity (Wildman–Crippen MR) is 144 cm³/mol. The highest BCUT2D eigenvalue weighted by atomic mass is 32.2. The summed E-state index contributed by atoms with van der Waals surface area (Å²) in [6, 6.07) is 14.7. The van der Waals surface area contributed by atoms with Crippen LogP contribution in [0, 0.1) is 0 Å². The van der Waals surface area contributed by atoms with E-state index < -0.39 is 19.7 Å². The lowest BCUT2D eigenvalue weighted by Crippen LogP contribution is -1.98. The van der Waals surface area contributed by atoms with Crippen molar-refractivity contribution in [1.29, 1.82) is 0 Å². The molecule has 0 aliphatic carbocycles. The van der Waals surface area contributed by atoms with Gasteiger partial charge >= 0.3 is 0 Å². The molecule has 0 fully saturated rings. The van der Waals surface area contributed by atoms with Crippen LogP contribution in [0.25, 0.3) is 66.1 Å². The minimum atomic E-state index is -3.86. The van der Waals surface area contributed by atoms with Gasteiger partial charge in [0.05, 0.1) is 31.9 Å². The molecule has 0 amide bonds. The molecule has 1 N–H and O–H groups in total. The molecule has 7 aromatic rings. The number of aromatic amines is 1. The van der Waals surface area contributed by atoms with Crippen molar-refractivity contribution in [3.63, 3.8) is 0 Å². The highest BCUT2D eigenvalue weighted by Crippen LogP contribution is 2.52. The van der Waals surface area contributed by atoms with E-state index in [0.717, 1.165) is 0 Å². The summed E-state index contributed by atoms with van der Waals surface area (Å²) in [5.41, 5.74) is 5.28. The Balaban J connectivity index is 1.49. The molecular weight excluding hydrogens is 534 g/mol. The fraction of sp³-hybridized carbons (Fsp3) is 0. The Bertz CT molecular complexity index is 2360. The van der Waals surface area contributed by atoms with Crippen molar-refractivity contribution in [1.82, 2.24) is 24.9 Å². The fourth-order valence-electron chi connectivity index (χ4n) is 6.03. The van der Waals surface area contributed by atoms with Crippen LogP contribution in [0.4, 0.5) is 0 Å². The number of pyridine rings is 4. The van der Waals surface area contributed by atoms with Gasteiger partial charge in [-0.15, -0.1) is 0 Å². The molecule has 2 aliphatic heterocycles. The Kier molecular flexibility index (Phi) is 3.61. The molecule has 0 radical (unpaired) electrons. The van der Waals surface area contributed by atoms with E-state index in [2.05, 4.69) is 24.9 Å². The van der Waals surface area contributed by atoms with E-state index in [1.165, 1.54) is 24.8 Å². The summed E-state index contributed by atoms with van der Waals surface area (Å²) in [6.45, 7) is 0. The minimum Gasteiger partial charge on any atom is -0.351 e. The van der Waals surface area contributed by atoms with Crippen molar-refractivity contribution >= 4 is 63.5 Å². The number of hydrogen-bond donors (Lipinski definition) is 1. The molecule has 2 aromatic carbocycles. The summed E-state index contributed by atoms with van der Waals surface area (Å²) < 4.78 is 54.3. The van der Waals surface area contributed by atoms with Crippen LogP contribution in [0.15, 0.2) is 92.9 Å². The Morgan fingerprint density at radius 2 is 0.872 bits per heavy atom. The number of para-hydroxylation sites is 2. The third-order valence-corrected chi connectivity index (χ3v) is 11.3. The van der Waals surface area contributed by atoms with Crippen LogP contribution >= 0.6 is 0 Å². The first kappa shape index (κ1) is 21.2. The molecule has 7 heterocycles. The maximum Gasteiger partial charge on any atom is 0.210 e. The Hall–Kier alpha value is -4.74. The first-order valence-corrected chi connectivity index (χ1v) is 14.9. The molecule has 9 nitrogen and oxygen atoms in total. The van der Waals surface area contributed by atoms with Crippen LogP contribution in [0.2, 0.25) is 0 Å². The summed E-state index contributed by atoms with van der Waals surface area (Å²) in [7, 11) is -7.72. The lowest BCUT2D eigenvalue weighted by atomic mass is 10.0. The van der Waals surface area contributed by atoms with E-state index in [1.807, 2.05) is 48.5 Å². The zero-order valence-electron chi connectivity index (χ0n) is 19.7. The van der Waals surface area contributed by atoms with Crippen molar-refractivity contribution < 1.29 is 16.8 Å². The van der Waals surface area contributed by atoms with Crippen molar-refractivity contribution in [3.05, 3.63) is 73.3 Å². The van der Waals surface area contributed by atoms with Crippen molar-refractivity contribution in [2.24, 2.45) is 0 Å². The van der Waals surface area contributed by atoms with Gasteiger partial charge in [0, 0.05) is 57.8 Å². The average Bonchev–Trinajstić information content (AvgIpc) is 3.52. The molecule has 39 heavy (non-hydrogen) atoms. The Labute approximate surface area is 220 Å². The van der Waals surface area contributed by atoms with Crippen molar-refractivity contribution in [2.75, 3.05) is 0 Å². The van der Waals surface area contributed by atoms with E-state index >= 15 is 0 Å². The summed E-state index contributed by atoms with van der Waals surface area (Å²) in [5, 5.41) is 1.40. The minimum absolute atomic E-state index is 0.0778. The molecule has 0 spiro atoms. The van der Waals surface area contributed by atoms with Gasteiger partial charge in [-0.25, -0.2) is 16.8 Å². The van der Waals surface area contributed by atoms with Gasteiger partial charge in [0.15, 0.2) is 0 Å². The zero-order chi connectivity index (χ0) is 26.3. The monoisotopic (exact) mass is 547 g/mol. The van der Waals surface area contributed by atoms with Gasteiger partial charge < -0.3 is 4.98 Å². The number of H-pyrrole nitrogens is 1. The number of hydrogen-bond acceptors (Lipinski definition) is 8. The number of aromatic nitrogens is 5. The molecule has 0 saturated carbocycles. The number of nitrogens with zero attached hydrogens (tertiary/aromatic N) is 4. The van der Waals surface area contributed by atoms with Gasteiger partial charge in [0.1, 0.15) is 20.8 Å². The van der Waals surface area contributed by atoms with Gasteiger partial charge in [-0.1, -0.05) is 36.4 Å². The predicted octanol–water partition coefficient (Wildman–Crippen LogP) is 4.83. The smallest absolute Gasteiger partial charge is 0.210 e. The maximum absolute atomic E-state index is 13.6. The maximum atomic E-state index is 13.6. The van der Waals surface area contributed by atoms with Crippen LogP contribution in [-0.2, 0) is 19.7 Å². The van der Waals surface area contributed by atoms with Gasteiger partial charge in [-0.3, -0.25) is 19.9 Å². The standard InChI is InChI=1S/C28H13N5O4S2/c34-38(35)17-9-29-15-7-3-1-5-13(15)21(17)23-19(38)11-31-27-25(23)33-26-24-20(12-32-28(26)27)39(36,37)18-10-30-16-8-4-2-6-14(16)22(18)24/h1-12,33H. The van der Waals surface area contributed by atoms with Gasteiger partial charge in [0.2, 0.25) is 19.7 Å². The van der Waals surface area contributed by atoms with E-state index in [0.29, 0.717) is 66.1 Å². The number of nitrogens with one attached hydrogen (secondary N) is 1. The molecule has 9 rings (SSSR count). The lowest BCUT2D eigenvalue weighted by molar-refractivity contribution is 0.596. The van der Waals surface area contributed by atoms with Crippen LogP contribution in [0.1, 0.15) is 0 Å².